The molecule has 3 amide bonds. The monoisotopic (exact) mass is 299 g/mol. The highest BCUT2D eigenvalue weighted by molar-refractivity contribution is 5.84. The number of carboxylic acids is 1. The smallest absolute Gasteiger partial charge is 0.326 e. The highest BCUT2D eigenvalue weighted by atomic mass is 16.4. The minimum absolute atomic E-state index is 0.0648. The van der Waals surface area contributed by atoms with Crippen molar-refractivity contribution in [3.8, 4) is 0 Å². The Bertz CT molecular complexity index is 413. The molecule has 7 heteroatoms. The number of likely N-dealkylation sites (tertiary alicyclic amines) is 1. The average Bonchev–Trinajstić information content (AvgIpc) is 2.44. The van der Waals surface area contributed by atoms with Crippen LogP contribution in [-0.2, 0) is 9.59 Å². The molecule has 21 heavy (non-hydrogen) atoms. The van der Waals surface area contributed by atoms with Crippen LogP contribution < -0.4 is 5.32 Å². The number of nitrogens with zero attached hydrogens (tertiary/aromatic N) is 2. The Morgan fingerprint density at radius 1 is 1.43 bits per heavy atom. The summed E-state index contributed by atoms with van der Waals surface area (Å²) in [6, 6.07) is -1.12. The molecule has 0 bridgehead atoms. The molecule has 0 aromatic carbocycles. The van der Waals surface area contributed by atoms with Crippen molar-refractivity contribution in [2.75, 3.05) is 27.2 Å². The molecule has 1 heterocycles. The highest BCUT2D eigenvalue weighted by Crippen LogP contribution is 2.24. The minimum Gasteiger partial charge on any atom is -0.480 e. The lowest BCUT2D eigenvalue weighted by molar-refractivity contribution is -0.145. The first-order valence-corrected chi connectivity index (χ1v) is 7.25. The number of hydrogen-bond acceptors (Lipinski definition) is 3. The number of amides is 3. The van der Waals surface area contributed by atoms with Crippen molar-refractivity contribution in [1.29, 1.82) is 0 Å². The second-order valence-corrected chi connectivity index (χ2v) is 5.77. The second-order valence-electron chi connectivity index (χ2n) is 5.77. The van der Waals surface area contributed by atoms with Gasteiger partial charge in [0.25, 0.3) is 0 Å². The summed E-state index contributed by atoms with van der Waals surface area (Å²) in [6.07, 6.45) is 1.61. The van der Waals surface area contributed by atoms with Crippen molar-refractivity contribution in [2.45, 2.75) is 32.7 Å². The van der Waals surface area contributed by atoms with E-state index in [-0.39, 0.29) is 30.3 Å². The quantitative estimate of drug-likeness (QED) is 0.795. The van der Waals surface area contributed by atoms with Crippen molar-refractivity contribution in [3.63, 3.8) is 0 Å². The summed E-state index contributed by atoms with van der Waals surface area (Å²) in [4.78, 5) is 38.2. The third-order valence-electron chi connectivity index (χ3n) is 4.00. The Morgan fingerprint density at radius 3 is 2.57 bits per heavy atom. The fourth-order valence-electron chi connectivity index (χ4n) is 2.82. The molecule has 7 nitrogen and oxygen atoms in total. The lowest BCUT2D eigenvalue weighted by Crippen LogP contribution is -2.56. The van der Waals surface area contributed by atoms with Gasteiger partial charge < -0.3 is 20.2 Å². The molecule has 1 fully saturated rings. The van der Waals surface area contributed by atoms with Gasteiger partial charge in [-0.15, -0.1) is 0 Å². The largest absolute Gasteiger partial charge is 0.480 e. The number of nitrogens with one attached hydrogen (secondary N) is 1. The van der Waals surface area contributed by atoms with E-state index >= 15 is 0 Å². The van der Waals surface area contributed by atoms with E-state index in [4.69, 9.17) is 0 Å². The molecular weight excluding hydrogens is 274 g/mol. The van der Waals surface area contributed by atoms with Crippen LogP contribution in [0.4, 0.5) is 4.79 Å². The van der Waals surface area contributed by atoms with Gasteiger partial charge in [0.05, 0.1) is 5.92 Å². The molecule has 0 aromatic heterocycles. The molecule has 0 aliphatic carbocycles. The number of carboxylic acid groups (broad SMARTS) is 1. The van der Waals surface area contributed by atoms with E-state index in [1.165, 1.54) is 9.80 Å². The molecule has 1 aliphatic rings. The van der Waals surface area contributed by atoms with Crippen LogP contribution in [0.25, 0.3) is 0 Å². The van der Waals surface area contributed by atoms with Crippen LogP contribution in [-0.4, -0.2) is 66.0 Å². The minimum atomic E-state index is -0.969. The van der Waals surface area contributed by atoms with Crippen molar-refractivity contribution in [2.24, 2.45) is 11.8 Å². The molecule has 0 saturated carbocycles. The number of hydrogen-bond donors (Lipinski definition) is 2. The molecule has 120 valence electrons. The third kappa shape index (κ3) is 4.09. The van der Waals surface area contributed by atoms with Crippen LogP contribution in [0, 0.1) is 11.8 Å². The summed E-state index contributed by atoms with van der Waals surface area (Å²) in [6.45, 7) is 4.29. The molecule has 0 radical (unpaired) electrons. The van der Waals surface area contributed by atoms with Crippen LogP contribution in [0.3, 0.4) is 0 Å². The predicted molar refractivity (Wildman–Crippen MR) is 77.8 cm³/mol. The summed E-state index contributed by atoms with van der Waals surface area (Å²) in [5.74, 6) is -1.51. The van der Waals surface area contributed by atoms with E-state index in [2.05, 4.69) is 5.32 Å². The molecule has 1 aliphatic heterocycles. The summed E-state index contributed by atoms with van der Waals surface area (Å²) >= 11 is 0. The Kier molecular flexibility index (Phi) is 5.99. The topological polar surface area (TPSA) is 90.0 Å². The maximum absolute atomic E-state index is 12.5. The van der Waals surface area contributed by atoms with Gasteiger partial charge in [-0.2, -0.15) is 0 Å². The van der Waals surface area contributed by atoms with E-state index in [1.54, 1.807) is 21.0 Å². The summed E-state index contributed by atoms with van der Waals surface area (Å²) in [7, 11) is 3.15. The van der Waals surface area contributed by atoms with Gasteiger partial charge in [0.15, 0.2) is 0 Å². The van der Waals surface area contributed by atoms with E-state index in [0.717, 1.165) is 12.8 Å². The van der Waals surface area contributed by atoms with Crippen LogP contribution >= 0.6 is 0 Å². The first-order valence-electron chi connectivity index (χ1n) is 7.25. The molecule has 2 N–H and O–H groups in total. The van der Waals surface area contributed by atoms with Gasteiger partial charge in [-0.25, -0.2) is 9.59 Å². The third-order valence-corrected chi connectivity index (χ3v) is 4.00. The Labute approximate surface area is 125 Å². The van der Waals surface area contributed by atoms with Gasteiger partial charge in [-0.05, 0) is 18.8 Å². The van der Waals surface area contributed by atoms with Gasteiger partial charge in [0.1, 0.15) is 6.04 Å². The molecule has 3 unspecified atom stereocenters. The fourth-order valence-corrected chi connectivity index (χ4v) is 2.82. The standard InChI is InChI=1S/C14H25N3O4/c1-9-6-5-7-17(11(9)13(19)20)14(21)16(4)8-10(2)12(18)15-3/h9-11H,5-8H2,1-4H3,(H,15,18)(H,19,20). The zero-order valence-electron chi connectivity index (χ0n) is 13.1. The van der Waals surface area contributed by atoms with Crippen molar-refractivity contribution >= 4 is 17.9 Å². The number of carbonyl (C=O) groups is 3. The molecule has 3 atom stereocenters. The maximum atomic E-state index is 12.5. The summed E-state index contributed by atoms with van der Waals surface area (Å²) in [5.41, 5.74) is 0. The van der Waals surface area contributed by atoms with E-state index in [9.17, 15) is 19.5 Å². The van der Waals surface area contributed by atoms with Crippen molar-refractivity contribution in [1.82, 2.24) is 15.1 Å². The van der Waals surface area contributed by atoms with Crippen LogP contribution in [0.5, 0.6) is 0 Å². The van der Waals surface area contributed by atoms with Gasteiger partial charge in [0, 0.05) is 27.2 Å². The predicted octanol–water partition coefficient (Wildman–Crippen LogP) is 0.605. The van der Waals surface area contributed by atoms with Crippen LogP contribution in [0.15, 0.2) is 0 Å². The maximum Gasteiger partial charge on any atom is 0.326 e. The van der Waals surface area contributed by atoms with Crippen molar-refractivity contribution in [3.05, 3.63) is 0 Å². The van der Waals surface area contributed by atoms with Gasteiger partial charge >= 0.3 is 12.0 Å². The highest BCUT2D eigenvalue weighted by Gasteiger charge is 2.38. The zero-order valence-corrected chi connectivity index (χ0v) is 13.1. The fraction of sp³-hybridized carbons (Fsp3) is 0.786. The van der Waals surface area contributed by atoms with E-state index in [0.29, 0.717) is 6.54 Å². The molecule has 1 saturated heterocycles. The molecule has 0 spiro atoms. The second kappa shape index (κ2) is 7.28. The average molecular weight is 299 g/mol. The first kappa shape index (κ1) is 17.3. The number of carbonyl (C=O) groups excluding carboxylic acids is 2. The lowest BCUT2D eigenvalue weighted by atomic mass is 9.91. The molecule has 1 rings (SSSR count). The summed E-state index contributed by atoms with van der Waals surface area (Å²) < 4.78 is 0. The first-order chi connectivity index (χ1) is 9.79. The van der Waals surface area contributed by atoms with E-state index in [1.807, 2.05) is 6.92 Å². The lowest BCUT2D eigenvalue weighted by Gasteiger charge is -2.39. The van der Waals surface area contributed by atoms with Gasteiger partial charge in [-0.3, -0.25) is 4.79 Å². The normalized spacial score (nSPS) is 23.3. The van der Waals surface area contributed by atoms with Gasteiger partial charge in [0.2, 0.25) is 5.91 Å². The van der Waals surface area contributed by atoms with Gasteiger partial charge in [-0.1, -0.05) is 13.8 Å². The Morgan fingerprint density at radius 2 is 2.05 bits per heavy atom. The summed E-state index contributed by atoms with van der Waals surface area (Å²) in [5, 5.41) is 11.9. The van der Waals surface area contributed by atoms with Crippen LogP contribution in [0.1, 0.15) is 26.7 Å². The van der Waals surface area contributed by atoms with Crippen LogP contribution in [0.2, 0.25) is 0 Å². The molecular formula is C14H25N3O4. The number of rotatable bonds is 4. The van der Waals surface area contributed by atoms with E-state index < -0.39 is 12.0 Å². The van der Waals surface area contributed by atoms with Crippen molar-refractivity contribution < 1.29 is 19.5 Å². The Hall–Kier alpha value is -1.79. The number of aliphatic carboxylic acids is 1. The number of urea groups is 1. The Balaban J connectivity index is 2.75. The SMILES string of the molecule is CNC(=O)C(C)CN(C)C(=O)N1CCCC(C)C1C(=O)O. The molecule has 0 aromatic rings. The zero-order chi connectivity index (χ0) is 16.2. The number of piperidine rings is 1.